The number of hydrogen-bond acceptors (Lipinski definition) is 1. The summed E-state index contributed by atoms with van der Waals surface area (Å²) in [6.45, 7) is 9.48. The highest BCUT2D eigenvalue weighted by Gasteiger charge is 2.02. The fraction of sp³-hybridized carbons (Fsp3) is 0.538. The van der Waals surface area contributed by atoms with Crippen molar-refractivity contribution in [1.29, 1.82) is 0 Å². The van der Waals surface area contributed by atoms with E-state index in [4.69, 9.17) is 0 Å². The molecule has 14 heavy (non-hydrogen) atoms. The van der Waals surface area contributed by atoms with Crippen molar-refractivity contribution in [1.82, 2.24) is 0 Å². The molecule has 0 radical (unpaired) electrons. The van der Waals surface area contributed by atoms with Gasteiger partial charge in [-0.2, -0.15) is 0 Å². The zero-order valence-electron chi connectivity index (χ0n) is 9.21. The minimum Gasteiger partial charge on any atom is -0.393 e. The average molecular weight is 194 g/mol. The minimum atomic E-state index is -0.130. The Balaban J connectivity index is 3.65. The van der Waals surface area contributed by atoms with Crippen LogP contribution in [0.3, 0.4) is 0 Å². The summed E-state index contributed by atoms with van der Waals surface area (Å²) < 4.78 is 0. The molecule has 0 aromatic heterocycles. The number of aliphatic hydroxyl groups is 1. The van der Waals surface area contributed by atoms with Gasteiger partial charge in [-0.15, -0.1) is 0 Å². The lowest BCUT2D eigenvalue weighted by atomic mass is 10.0. The van der Waals surface area contributed by atoms with Gasteiger partial charge in [0.15, 0.2) is 0 Å². The summed E-state index contributed by atoms with van der Waals surface area (Å²) in [7, 11) is 0. The van der Waals surface area contributed by atoms with Gasteiger partial charge in [0.2, 0.25) is 0 Å². The third-order valence-electron chi connectivity index (χ3n) is 2.22. The standard InChI is InChI=1S/C13H22O/c1-4-8-12(6-3)10-7-11-13(14)9-5-2/h4,6,8,13-14H,1,3,5,7,9-11H2,2H3/b12-8+. The van der Waals surface area contributed by atoms with Crippen LogP contribution in [0.25, 0.3) is 0 Å². The quantitative estimate of drug-likeness (QED) is 0.585. The van der Waals surface area contributed by atoms with E-state index in [2.05, 4.69) is 20.1 Å². The molecule has 0 aromatic carbocycles. The van der Waals surface area contributed by atoms with Crippen molar-refractivity contribution < 1.29 is 5.11 Å². The molecule has 1 unspecified atom stereocenters. The summed E-state index contributed by atoms with van der Waals surface area (Å²) in [6, 6.07) is 0. The van der Waals surface area contributed by atoms with Crippen LogP contribution < -0.4 is 0 Å². The molecule has 1 atom stereocenters. The molecule has 1 nitrogen and oxygen atoms in total. The molecule has 0 rings (SSSR count). The molecular weight excluding hydrogens is 172 g/mol. The van der Waals surface area contributed by atoms with Gasteiger partial charge < -0.3 is 5.11 Å². The van der Waals surface area contributed by atoms with Gasteiger partial charge in [0.25, 0.3) is 0 Å². The summed E-state index contributed by atoms with van der Waals surface area (Å²) in [5.41, 5.74) is 1.20. The fourth-order valence-corrected chi connectivity index (χ4v) is 1.42. The van der Waals surface area contributed by atoms with Crippen LogP contribution in [0, 0.1) is 0 Å². The molecule has 0 amide bonds. The molecule has 0 saturated heterocycles. The molecule has 80 valence electrons. The summed E-state index contributed by atoms with van der Waals surface area (Å²) in [5, 5.41) is 9.50. The fourth-order valence-electron chi connectivity index (χ4n) is 1.42. The summed E-state index contributed by atoms with van der Waals surface area (Å²) in [4.78, 5) is 0. The molecule has 0 saturated carbocycles. The second-order valence-electron chi connectivity index (χ2n) is 3.52. The molecule has 0 fully saturated rings. The van der Waals surface area contributed by atoms with Crippen molar-refractivity contribution in [3.05, 3.63) is 37.0 Å². The van der Waals surface area contributed by atoms with Crippen molar-refractivity contribution in [2.45, 2.75) is 45.1 Å². The highest BCUT2D eigenvalue weighted by atomic mass is 16.3. The topological polar surface area (TPSA) is 20.2 Å². The summed E-state index contributed by atoms with van der Waals surface area (Å²) in [6.07, 6.45) is 10.3. The van der Waals surface area contributed by atoms with Crippen molar-refractivity contribution >= 4 is 0 Å². The van der Waals surface area contributed by atoms with Crippen LogP contribution in [0.1, 0.15) is 39.0 Å². The van der Waals surface area contributed by atoms with Gasteiger partial charge >= 0.3 is 0 Å². The maximum atomic E-state index is 9.50. The van der Waals surface area contributed by atoms with Crippen LogP contribution in [-0.2, 0) is 0 Å². The third-order valence-corrected chi connectivity index (χ3v) is 2.22. The maximum Gasteiger partial charge on any atom is 0.0540 e. The monoisotopic (exact) mass is 194 g/mol. The van der Waals surface area contributed by atoms with E-state index < -0.39 is 0 Å². The van der Waals surface area contributed by atoms with Crippen molar-refractivity contribution in [3.8, 4) is 0 Å². The van der Waals surface area contributed by atoms with E-state index in [1.165, 1.54) is 5.57 Å². The Bertz CT molecular complexity index is 191. The van der Waals surface area contributed by atoms with Crippen LogP contribution in [0.5, 0.6) is 0 Å². The first-order chi connectivity index (χ1) is 6.74. The van der Waals surface area contributed by atoms with Gasteiger partial charge in [-0.1, -0.05) is 44.7 Å². The van der Waals surface area contributed by atoms with E-state index in [0.29, 0.717) is 0 Å². The predicted octanol–water partition coefficient (Wildman–Crippen LogP) is 3.62. The Hall–Kier alpha value is -0.820. The zero-order chi connectivity index (χ0) is 10.8. The van der Waals surface area contributed by atoms with Crippen LogP contribution in [0.15, 0.2) is 37.0 Å². The number of hydrogen-bond donors (Lipinski definition) is 1. The molecule has 0 aliphatic rings. The normalized spacial score (nSPS) is 13.7. The molecule has 0 aromatic rings. The van der Waals surface area contributed by atoms with Crippen LogP contribution in [0.4, 0.5) is 0 Å². The second kappa shape index (κ2) is 8.76. The van der Waals surface area contributed by atoms with Crippen molar-refractivity contribution in [2.24, 2.45) is 0 Å². The largest absolute Gasteiger partial charge is 0.393 e. The molecule has 0 spiro atoms. The van der Waals surface area contributed by atoms with Gasteiger partial charge in [-0.25, -0.2) is 0 Å². The maximum absolute atomic E-state index is 9.50. The number of allylic oxidation sites excluding steroid dienone is 4. The Morgan fingerprint density at radius 3 is 2.57 bits per heavy atom. The Morgan fingerprint density at radius 1 is 1.36 bits per heavy atom. The Kier molecular flexibility index (Phi) is 8.25. The van der Waals surface area contributed by atoms with Gasteiger partial charge in [-0.05, 0) is 31.3 Å². The van der Waals surface area contributed by atoms with Crippen LogP contribution in [0.2, 0.25) is 0 Å². The zero-order valence-corrected chi connectivity index (χ0v) is 9.21. The van der Waals surface area contributed by atoms with E-state index in [1.54, 1.807) is 6.08 Å². The first-order valence-electron chi connectivity index (χ1n) is 5.36. The van der Waals surface area contributed by atoms with Gasteiger partial charge in [0.05, 0.1) is 6.10 Å². The van der Waals surface area contributed by atoms with Crippen molar-refractivity contribution in [3.63, 3.8) is 0 Å². The van der Waals surface area contributed by atoms with E-state index in [-0.39, 0.29) is 6.10 Å². The van der Waals surface area contributed by atoms with Crippen LogP contribution in [-0.4, -0.2) is 11.2 Å². The van der Waals surface area contributed by atoms with Crippen molar-refractivity contribution in [2.75, 3.05) is 0 Å². The van der Waals surface area contributed by atoms with Gasteiger partial charge in [-0.3, -0.25) is 0 Å². The smallest absolute Gasteiger partial charge is 0.0540 e. The van der Waals surface area contributed by atoms with Gasteiger partial charge in [0.1, 0.15) is 0 Å². The number of aliphatic hydroxyl groups excluding tert-OH is 1. The summed E-state index contributed by atoms with van der Waals surface area (Å²) in [5.74, 6) is 0. The lowest BCUT2D eigenvalue weighted by molar-refractivity contribution is 0.151. The second-order valence-corrected chi connectivity index (χ2v) is 3.52. The first kappa shape index (κ1) is 13.2. The van der Waals surface area contributed by atoms with Gasteiger partial charge in [0, 0.05) is 0 Å². The first-order valence-corrected chi connectivity index (χ1v) is 5.36. The third kappa shape index (κ3) is 6.67. The SMILES string of the molecule is C=C/C=C(\C=C)CCCC(O)CCC. The molecule has 0 aliphatic heterocycles. The molecule has 1 N–H and O–H groups in total. The van der Waals surface area contributed by atoms with Crippen LogP contribution >= 0.6 is 0 Å². The minimum absolute atomic E-state index is 0.130. The van der Waals surface area contributed by atoms with E-state index in [9.17, 15) is 5.11 Å². The highest BCUT2D eigenvalue weighted by molar-refractivity contribution is 5.20. The van der Waals surface area contributed by atoms with E-state index in [1.807, 2.05) is 12.2 Å². The lowest BCUT2D eigenvalue weighted by Gasteiger charge is -2.08. The van der Waals surface area contributed by atoms with E-state index >= 15 is 0 Å². The lowest BCUT2D eigenvalue weighted by Crippen LogP contribution is -2.05. The molecule has 0 heterocycles. The average Bonchev–Trinajstić information content (AvgIpc) is 2.17. The molecule has 1 heteroatoms. The Morgan fingerprint density at radius 2 is 2.07 bits per heavy atom. The van der Waals surface area contributed by atoms with E-state index in [0.717, 1.165) is 32.1 Å². The highest BCUT2D eigenvalue weighted by Crippen LogP contribution is 2.12. The molecular formula is C13H22O. The Labute approximate surface area is 87.8 Å². The number of rotatable bonds is 8. The molecule has 0 aliphatic carbocycles. The molecule has 0 bridgehead atoms. The predicted molar refractivity (Wildman–Crippen MR) is 63.2 cm³/mol. The summed E-state index contributed by atoms with van der Waals surface area (Å²) >= 11 is 0.